The summed E-state index contributed by atoms with van der Waals surface area (Å²) in [7, 11) is 4.05. The molecule has 1 aliphatic heterocycles. The molecule has 1 fully saturated rings. The monoisotopic (exact) mass is 491 g/mol. The zero-order valence-electron chi connectivity index (χ0n) is 20.7. The van der Waals surface area contributed by atoms with Crippen molar-refractivity contribution < 1.29 is 14.0 Å². The van der Waals surface area contributed by atoms with E-state index in [0.717, 1.165) is 12.1 Å². The molecule has 0 unspecified atom stereocenters. The summed E-state index contributed by atoms with van der Waals surface area (Å²) in [6, 6.07) is 6.10. The van der Waals surface area contributed by atoms with Crippen molar-refractivity contribution in [1.29, 1.82) is 0 Å². The van der Waals surface area contributed by atoms with Gasteiger partial charge >= 0.3 is 0 Å². The maximum Gasteiger partial charge on any atom is 0.258 e. The third-order valence-corrected chi connectivity index (χ3v) is 6.55. The zero-order valence-corrected chi connectivity index (χ0v) is 21.5. The molecule has 9 heteroatoms. The van der Waals surface area contributed by atoms with Crippen LogP contribution in [0.5, 0.6) is 0 Å². The first-order chi connectivity index (χ1) is 16.0. The lowest BCUT2D eigenvalue weighted by Crippen LogP contribution is -2.46. The van der Waals surface area contributed by atoms with Crippen molar-refractivity contribution >= 4 is 23.4 Å². The molecule has 0 atom stereocenters. The van der Waals surface area contributed by atoms with E-state index >= 15 is 0 Å². The summed E-state index contributed by atoms with van der Waals surface area (Å²) in [5.41, 5.74) is 1.76. The van der Waals surface area contributed by atoms with Crippen molar-refractivity contribution in [1.82, 2.24) is 24.9 Å². The minimum Gasteiger partial charge on any atom is -0.355 e. The van der Waals surface area contributed by atoms with Gasteiger partial charge in [-0.3, -0.25) is 9.59 Å². The van der Waals surface area contributed by atoms with Crippen molar-refractivity contribution in [2.45, 2.75) is 40.2 Å². The smallest absolute Gasteiger partial charge is 0.258 e. The molecule has 2 amide bonds. The summed E-state index contributed by atoms with van der Waals surface area (Å²) < 4.78 is 14.7. The highest BCUT2D eigenvalue weighted by atomic mass is 35.5. The van der Waals surface area contributed by atoms with Crippen LogP contribution in [0.4, 0.5) is 4.39 Å². The number of rotatable bonds is 8. The fraction of sp³-hybridized carbons (Fsp3) is 0.560. The van der Waals surface area contributed by atoms with Crippen LogP contribution in [0.1, 0.15) is 48.3 Å². The van der Waals surface area contributed by atoms with E-state index in [2.05, 4.69) is 29.2 Å². The summed E-state index contributed by atoms with van der Waals surface area (Å²) >= 11 is 6.54. The summed E-state index contributed by atoms with van der Waals surface area (Å²) in [5, 5.41) is 7.80. The molecule has 2 heterocycles. The molecule has 0 bridgehead atoms. The van der Waals surface area contributed by atoms with E-state index in [9.17, 15) is 14.0 Å². The Kier molecular flexibility index (Phi) is 8.36. The zero-order chi connectivity index (χ0) is 25.0. The average Bonchev–Trinajstić information content (AvgIpc) is 3.05. The second kappa shape index (κ2) is 10.9. The molecule has 2 aromatic rings. The molecular weight excluding hydrogens is 457 g/mol. The maximum atomic E-state index is 13.2. The number of hydrogen-bond donors (Lipinski definition) is 1. The molecular formula is C25H35ClFN5O2. The summed E-state index contributed by atoms with van der Waals surface area (Å²) in [6.45, 7) is 8.87. The fourth-order valence-electron chi connectivity index (χ4n) is 4.55. The summed E-state index contributed by atoms with van der Waals surface area (Å²) in [4.78, 5) is 29.8. The summed E-state index contributed by atoms with van der Waals surface area (Å²) in [5.74, 6) is -0.521. The number of halogens is 2. The number of likely N-dealkylation sites (tertiary alicyclic amines) is 1. The Hall–Kier alpha value is -2.45. The Morgan fingerprint density at radius 2 is 1.82 bits per heavy atom. The second-order valence-corrected chi connectivity index (χ2v) is 10.6. The number of aryl methyl sites for hydroxylation is 1. The van der Waals surface area contributed by atoms with Gasteiger partial charge in [-0.1, -0.05) is 37.6 Å². The van der Waals surface area contributed by atoms with Gasteiger partial charge in [-0.05, 0) is 57.0 Å². The third kappa shape index (κ3) is 6.57. The third-order valence-electron chi connectivity index (χ3n) is 6.16. The predicted octanol–water partition coefficient (Wildman–Crippen LogP) is 3.59. The topological polar surface area (TPSA) is 70.5 Å². The molecule has 1 aliphatic rings. The predicted molar refractivity (Wildman–Crippen MR) is 131 cm³/mol. The van der Waals surface area contributed by atoms with Crippen LogP contribution in [0.3, 0.4) is 0 Å². The lowest BCUT2D eigenvalue weighted by atomic mass is 9.91. The van der Waals surface area contributed by atoms with Crippen LogP contribution in [0.15, 0.2) is 24.3 Å². The first kappa shape index (κ1) is 26.2. The molecule has 0 spiro atoms. The molecule has 0 radical (unpaired) electrons. The number of nitrogens with one attached hydrogen (secondary N) is 1. The van der Waals surface area contributed by atoms with Gasteiger partial charge in [-0.15, -0.1) is 0 Å². The SMILES string of the molecule is Cc1nn(Cc2ccc(F)cc2)c(Cl)c1C(=O)N1CCC(C(=O)NCC(C)(C)CN(C)C)CC1. The van der Waals surface area contributed by atoms with Crippen LogP contribution in [0, 0.1) is 24.1 Å². The van der Waals surface area contributed by atoms with Crippen LogP contribution in [-0.2, 0) is 11.3 Å². The first-order valence-electron chi connectivity index (χ1n) is 11.7. The molecule has 34 heavy (non-hydrogen) atoms. The first-order valence-corrected chi connectivity index (χ1v) is 12.0. The molecule has 7 nitrogen and oxygen atoms in total. The average molecular weight is 492 g/mol. The van der Waals surface area contributed by atoms with E-state index in [-0.39, 0.29) is 34.1 Å². The van der Waals surface area contributed by atoms with Crippen molar-refractivity contribution in [2.24, 2.45) is 11.3 Å². The van der Waals surface area contributed by atoms with Crippen molar-refractivity contribution in [3.63, 3.8) is 0 Å². The van der Waals surface area contributed by atoms with Gasteiger partial charge in [0, 0.05) is 32.1 Å². The molecule has 1 aromatic heterocycles. The number of piperidine rings is 1. The number of aromatic nitrogens is 2. The van der Waals surface area contributed by atoms with E-state index in [1.165, 1.54) is 12.1 Å². The minimum atomic E-state index is -0.309. The van der Waals surface area contributed by atoms with Gasteiger partial charge in [-0.2, -0.15) is 5.10 Å². The van der Waals surface area contributed by atoms with E-state index in [1.807, 2.05) is 14.1 Å². The van der Waals surface area contributed by atoms with E-state index in [4.69, 9.17) is 11.6 Å². The van der Waals surface area contributed by atoms with E-state index < -0.39 is 0 Å². The van der Waals surface area contributed by atoms with Gasteiger partial charge in [0.2, 0.25) is 5.91 Å². The lowest BCUT2D eigenvalue weighted by Gasteiger charge is -2.33. The van der Waals surface area contributed by atoms with Crippen LogP contribution in [0.2, 0.25) is 5.15 Å². The Morgan fingerprint density at radius 1 is 1.21 bits per heavy atom. The van der Waals surface area contributed by atoms with Crippen molar-refractivity contribution in [3.05, 3.63) is 52.1 Å². The highest BCUT2D eigenvalue weighted by Gasteiger charge is 2.31. The van der Waals surface area contributed by atoms with Crippen LogP contribution < -0.4 is 5.32 Å². The molecule has 0 saturated carbocycles. The van der Waals surface area contributed by atoms with E-state index in [1.54, 1.807) is 28.6 Å². The number of nitrogens with zero attached hydrogens (tertiary/aromatic N) is 4. The molecule has 0 aliphatic carbocycles. The molecule has 1 aromatic carbocycles. The number of benzene rings is 1. The number of amides is 2. The maximum absolute atomic E-state index is 13.2. The normalized spacial score (nSPS) is 15.1. The Morgan fingerprint density at radius 3 is 2.41 bits per heavy atom. The molecule has 1 N–H and O–H groups in total. The van der Waals surface area contributed by atoms with Crippen LogP contribution >= 0.6 is 11.6 Å². The number of carbonyl (C=O) groups is 2. The number of carbonyl (C=O) groups excluding carboxylic acids is 2. The van der Waals surface area contributed by atoms with Gasteiger partial charge in [0.25, 0.3) is 5.91 Å². The Bertz CT molecular complexity index is 1010. The largest absolute Gasteiger partial charge is 0.355 e. The Labute approximate surface area is 206 Å². The Balaban J connectivity index is 1.57. The van der Waals surface area contributed by atoms with E-state index in [0.29, 0.717) is 50.3 Å². The molecule has 186 valence electrons. The van der Waals surface area contributed by atoms with Gasteiger partial charge in [0.15, 0.2) is 0 Å². The second-order valence-electron chi connectivity index (χ2n) is 10.2. The van der Waals surface area contributed by atoms with Crippen LogP contribution in [-0.4, -0.2) is 71.7 Å². The van der Waals surface area contributed by atoms with Crippen LogP contribution in [0.25, 0.3) is 0 Å². The quantitative estimate of drug-likeness (QED) is 0.612. The highest BCUT2D eigenvalue weighted by Crippen LogP contribution is 2.26. The standard InChI is InChI=1S/C25H35ClFN5O2/c1-17-21(22(26)32(29-17)14-18-6-8-20(27)9-7-18)24(34)31-12-10-19(11-13-31)23(33)28-15-25(2,3)16-30(4)5/h6-9,19H,10-16H2,1-5H3,(H,28,33). The van der Waals surface area contributed by atoms with Gasteiger partial charge < -0.3 is 15.1 Å². The number of hydrogen-bond acceptors (Lipinski definition) is 4. The molecule has 3 rings (SSSR count). The van der Waals surface area contributed by atoms with Gasteiger partial charge in [0.05, 0.1) is 17.8 Å². The minimum absolute atomic E-state index is 0.0157. The summed E-state index contributed by atoms with van der Waals surface area (Å²) in [6.07, 6.45) is 1.23. The van der Waals surface area contributed by atoms with Gasteiger partial charge in [-0.25, -0.2) is 9.07 Å². The van der Waals surface area contributed by atoms with Gasteiger partial charge in [0.1, 0.15) is 11.0 Å². The van der Waals surface area contributed by atoms with Crippen molar-refractivity contribution in [2.75, 3.05) is 40.3 Å². The highest BCUT2D eigenvalue weighted by molar-refractivity contribution is 6.33. The fourth-order valence-corrected chi connectivity index (χ4v) is 4.86. The van der Waals surface area contributed by atoms with Crippen molar-refractivity contribution in [3.8, 4) is 0 Å². The molecule has 1 saturated heterocycles. The lowest BCUT2D eigenvalue weighted by molar-refractivity contribution is -0.126.